The van der Waals surface area contributed by atoms with E-state index in [0.29, 0.717) is 24.3 Å². The summed E-state index contributed by atoms with van der Waals surface area (Å²) in [5, 5.41) is 1.01. The molecule has 0 aliphatic carbocycles. The summed E-state index contributed by atoms with van der Waals surface area (Å²) < 4.78 is 30.4. The van der Waals surface area contributed by atoms with E-state index < -0.39 is 10.0 Å². The first-order chi connectivity index (χ1) is 14.0. The van der Waals surface area contributed by atoms with Crippen molar-refractivity contribution < 1.29 is 8.42 Å². The van der Waals surface area contributed by atoms with Gasteiger partial charge in [-0.2, -0.15) is 0 Å². The Bertz CT molecular complexity index is 1270. The van der Waals surface area contributed by atoms with E-state index in [4.69, 9.17) is 5.73 Å². The van der Waals surface area contributed by atoms with Gasteiger partial charge in [0.05, 0.1) is 22.3 Å². The Kier molecular flexibility index (Phi) is 5.70. The maximum Gasteiger partial charge on any atom is 0.240 e. The number of hydrogen-bond donors (Lipinski definition) is 2. The minimum Gasteiger partial charge on any atom is -0.382 e. The number of nitrogens with one attached hydrogen (secondary N) is 1. The molecule has 0 amide bonds. The molecule has 9 heteroatoms. The van der Waals surface area contributed by atoms with Crippen LogP contribution in [0.2, 0.25) is 0 Å². The van der Waals surface area contributed by atoms with Crippen molar-refractivity contribution in [1.29, 1.82) is 0 Å². The van der Waals surface area contributed by atoms with E-state index in [9.17, 15) is 8.42 Å². The summed E-state index contributed by atoms with van der Waals surface area (Å²) >= 11 is 2.15. The second-order valence-electron chi connectivity index (χ2n) is 6.71. The largest absolute Gasteiger partial charge is 0.382 e. The van der Waals surface area contributed by atoms with Crippen LogP contribution in [0.15, 0.2) is 59.8 Å². The van der Waals surface area contributed by atoms with Gasteiger partial charge in [-0.1, -0.05) is 18.2 Å². The first-order valence-corrected chi connectivity index (χ1v) is 11.8. The second-order valence-corrected chi connectivity index (χ2v) is 9.72. The summed E-state index contributed by atoms with van der Waals surface area (Å²) in [5.74, 6) is 0.419. The van der Waals surface area contributed by atoms with Crippen LogP contribution >= 0.6 is 22.6 Å². The van der Waals surface area contributed by atoms with E-state index in [2.05, 4.69) is 41.8 Å². The maximum atomic E-state index is 12.3. The van der Waals surface area contributed by atoms with E-state index in [0.717, 1.165) is 33.0 Å². The number of aromatic nitrogens is 3. The molecule has 0 aliphatic heterocycles. The molecule has 2 aromatic carbocycles. The van der Waals surface area contributed by atoms with Crippen LogP contribution in [0.1, 0.15) is 12.8 Å². The van der Waals surface area contributed by atoms with Gasteiger partial charge in [0.25, 0.3) is 0 Å². The Morgan fingerprint density at radius 3 is 2.62 bits per heavy atom. The SMILES string of the molecule is Nc1nc2ccccc2c2c1ncn2CCCCNS(=O)(=O)c1ccc(I)cc1. The number of anilines is 1. The van der Waals surface area contributed by atoms with E-state index in [1.807, 2.05) is 24.3 Å². The molecule has 4 aromatic rings. The van der Waals surface area contributed by atoms with Gasteiger partial charge in [-0.25, -0.2) is 23.1 Å². The van der Waals surface area contributed by atoms with Gasteiger partial charge in [0.15, 0.2) is 5.82 Å². The number of benzene rings is 2. The van der Waals surface area contributed by atoms with Crippen LogP contribution < -0.4 is 10.5 Å². The number of hydrogen-bond acceptors (Lipinski definition) is 5. The van der Waals surface area contributed by atoms with Crippen LogP contribution in [0.5, 0.6) is 0 Å². The van der Waals surface area contributed by atoms with Crippen LogP contribution in [0.3, 0.4) is 0 Å². The molecule has 0 unspecified atom stereocenters. The minimum absolute atomic E-state index is 0.285. The Hall–Kier alpha value is -2.24. The molecular weight excluding hydrogens is 501 g/mol. The molecule has 29 heavy (non-hydrogen) atoms. The smallest absolute Gasteiger partial charge is 0.240 e. The molecule has 150 valence electrons. The lowest BCUT2D eigenvalue weighted by Crippen LogP contribution is -2.25. The number of pyridine rings is 1. The topological polar surface area (TPSA) is 103 Å². The highest BCUT2D eigenvalue weighted by Gasteiger charge is 2.14. The number of aryl methyl sites for hydroxylation is 1. The molecule has 0 saturated carbocycles. The van der Waals surface area contributed by atoms with Gasteiger partial charge in [0.2, 0.25) is 10.0 Å². The van der Waals surface area contributed by atoms with Crippen molar-refractivity contribution in [1.82, 2.24) is 19.3 Å². The summed E-state index contributed by atoms with van der Waals surface area (Å²) in [5.41, 5.74) is 8.56. The molecule has 2 aromatic heterocycles. The Labute approximate surface area is 182 Å². The van der Waals surface area contributed by atoms with Gasteiger partial charge >= 0.3 is 0 Å². The molecule has 0 spiro atoms. The molecule has 3 N–H and O–H groups in total. The third kappa shape index (κ3) is 4.21. The van der Waals surface area contributed by atoms with Gasteiger partial charge in [-0.05, 0) is 65.8 Å². The van der Waals surface area contributed by atoms with Crippen molar-refractivity contribution in [2.45, 2.75) is 24.3 Å². The summed E-state index contributed by atoms with van der Waals surface area (Å²) in [7, 11) is -3.48. The molecule has 0 fully saturated rings. The molecule has 0 radical (unpaired) electrons. The zero-order valence-electron chi connectivity index (χ0n) is 15.5. The Balaban J connectivity index is 1.41. The fourth-order valence-corrected chi connectivity index (χ4v) is 4.72. The van der Waals surface area contributed by atoms with Crippen molar-refractivity contribution in [3.05, 3.63) is 58.4 Å². The van der Waals surface area contributed by atoms with Crippen molar-refractivity contribution in [2.24, 2.45) is 0 Å². The van der Waals surface area contributed by atoms with Gasteiger partial charge in [-0.15, -0.1) is 0 Å². The van der Waals surface area contributed by atoms with Crippen LogP contribution in [-0.2, 0) is 16.6 Å². The third-order valence-corrected chi connectivity index (χ3v) is 6.92. The number of nitrogen functional groups attached to an aromatic ring is 1. The number of unbranched alkanes of at least 4 members (excludes halogenated alkanes) is 1. The molecule has 2 heterocycles. The molecule has 4 rings (SSSR count). The van der Waals surface area contributed by atoms with Gasteiger partial charge in [0.1, 0.15) is 5.52 Å². The average Bonchev–Trinajstić information content (AvgIpc) is 3.13. The number of sulfonamides is 1. The first-order valence-electron chi connectivity index (χ1n) is 9.20. The average molecular weight is 521 g/mol. The van der Waals surface area contributed by atoms with E-state index in [1.54, 1.807) is 30.6 Å². The predicted molar refractivity (Wildman–Crippen MR) is 123 cm³/mol. The van der Waals surface area contributed by atoms with Crippen molar-refractivity contribution in [3.8, 4) is 0 Å². The monoisotopic (exact) mass is 521 g/mol. The lowest BCUT2D eigenvalue weighted by atomic mass is 10.2. The Morgan fingerprint density at radius 1 is 1.07 bits per heavy atom. The number of fused-ring (bicyclic) bond motifs is 3. The number of imidazole rings is 1. The molecule has 7 nitrogen and oxygen atoms in total. The van der Waals surface area contributed by atoms with Crippen molar-refractivity contribution >= 4 is 60.4 Å². The van der Waals surface area contributed by atoms with Gasteiger partial charge in [-0.3, -0.25) is 0 Å². The normalized spacial score (nSPS) is 12.0. The van der Waals surface area contributed by atoms with Gasteiger partial charge < -0.3 is 10.3 Å². The predicted octanol–water partition coefficient (Wildman–Crippen LogP) is 3.53. The highest BCUT2D eigenvalue weighted by Crippen LogP contribution is 2.27. The zero-order valence-corrected chi connectivity index (χ0v) is 18.5. The number of nitrogens with zero attached hydrogens (tertiary/aromatic N) is 3. The Morgan fingerprint density at radius 2 is 1.83 bits per heavy atom. The standard InChI is InChI=1S/C20H20IN5O2S/c21-14-7-9-15(10-8-14)29(27,28)24-11-3-4-12-26-13-23-18-19(26)16-5-1-2-6-17(16)25-20(18)22/h1-2,5-10,13,24H,3-4,11-12H2,(H2,22,25). The zero-order chi connectivity index (χ0) is 20.4. The van der Waals surface area contributed by atoms with Gasteiger partial charge in [0, 0.05) is 22.0 Å². The van der Waals surface area contributed by atoms with E-state index in [1.165, 1.54) is 0 Å². The summed E-state index contributed by atoms with van der Waals surface area (Å²) in [6.07, 6.45) is 3.28. The van der Waals surface area contributed by atoms with Crippen molar-refractivity contribution in [3.63, 3.8) is 0 Å². The summed E-state index contributed by atoms with van der Waals surface area (Å²) in [6, 6.07) is 14.6. The quantitative estimate of drug-likeness (QED) is 0.286. The lowest BCUT2D eigenvalue weighted by molar-refractivity contribution is 0.568. The number of nitrogens with two attached hydrogens (primary N) is 1. The molecule has 0 aliphatic rings. The molecule has 0 atom stereocenters. The highest BCUT2D eigenvalue weighted by molar-refractivity contribution is 14.1. The fraction of sp³-hybridized carbons (Fsp3) is 0.200. The van der Waals surface area contributed by atoms with E-state index >= 15 is 0 Å². The van der Waals surface area contributed by atoms with Crippen LogP contribution in [0.25, 0.3) is 21.9 Å². The van der Waals surface area contributed by atoms with Crippen LogP contribution in [-0.4, -0.2) is 29.5 Å². The van der Waals surface area contributed by atoms with E-state index in [-0.39, 0.29) is 4.90 Å². The van der Waals surface area contributed by atoms with Crippen LogP contribution in [0.4, 0.5) is 5.82 Å². The van der Waals surface area contributed by atoms with Crippen molar-refractivity contribution in [2.75, 3.05) is 12.3 Å². The maximum absolute atomic E-state index is 12.3. The second kappa shape index (κ2) is 8.25. The first kappa shape index (κ1) is 20.0. The highest BCUT2D eigenvalue weighted by atomic mass is 127. The number of rotatable bonds is 7. The molecular formula is C20H20IN5O2S. The fourth-order valence-electron chi connectivity index (χ4n) is 3.29. The number of halogens is 1. The number of para-hydroxylation sites is 1. The molecule has 0 saturated heterocycles. The summed E-state index contributed by atoms with van der Waals surface area (Å²) in [4.78, 5) is 9.11. The van der Waals surface area contributed by atoms with Crippen LogP contribution in [0, 0.1) is 3.57 Å². The summed E-state index contributed by atoms with van der Waals surface area (Å²) in [6.45, 7) is 1.10. The minimum atomic E-state index is -3.48. The third-order valence-electron chi connectivity index (χ3n) is 4.72. The lowest BCUT2D eigenvalue weighted by Gasteiger charge is -2.09. The molecule has 0 bridgehead atoms.